The van der Waals surface area contributed by atoms with Gasteiger partial charge in [0.15, 0.2) is 9.84 Å². The van der Waals surface area contributed by atoms with E-state index in [0.29, 0.717) is 9.79 Å². The van der Waals surface area contributed by atoms with E-state index >= 15 is 0 Å². The van der Waals surface area contributed by atoms with Gasteiger partial charge in [0.2, 0.25) is 0 Å². The molecule has 0 amide bonds. The molecular formula is C19H14N2O2S3. The maximum Gasteiger partial charge on any atom is 0.176 e. The van der Waals surface area contributed by atoms with Gasteiger partial charge in [-0.3, -0.25) is 0 Å². The van der Waals surface area contributed by atoms with Crippen LogP contribution in [0.4, 0.5) is 0 Å². The minimum atomic E-state index is -3.31. The molecule has 0 unspecified atom stereocenters. The van der Waals surface area contributed by atoms with E-state index in [9.17, 15) is 8.42 Å². The zero-order chi connectivity index (χ0) is 18.1. The molecule has 0 bridgehead atoms. The second-order valence-corrected chi connectivity index (χ2v) is 9.74. The summed E-state index contributed by atoms with van der Waals surface area (Å²) in [6, 6.07) is 19.2. The van der Waals surface area contributed by atoms with Crippen molar-refractivity contribution in [1.29, 1.82) is 0 Å². The Morgan fingerprint density at radius 1 is 0.962 bits per heavy atom. The lowest BCUT2D eigenvalue weighted by Gasteiger charge is -2.07. The number of nitrogens with zero attached hydrogens (tertiary/aromatic N) is 2. The molecule has 4 aromatic rings. The lowest BCUT2D eigenvalue weighted by Crippen LogP contribution is -1.99. The molecule has 4 rings (SSSR count). The first-order chi connectivity index (χ1) is 12.5. The Labute approximate surface area is 159 Å². The van der Waals surface area contributed by atoms with Gasteiger partial charge in [0.1, 0.15) is 16.2 Å². The number of fused-ring (bicyclic) bond motifs is 1. The van der Waals surface area contributed by atoms with Crippen molar-refractivity contribution >= 4 is 43.2 Å². The van der Waals surface area contributed by atoms with E-state index in [1.54, 1.807) is 29.5 Å². The topological polar surface area (TPSA) is 59.9 Å². The van der Waals surface area contributed by atoms with Crippen molar-refractivity contribution in [2.24, 2.45) is 0 Å². The molecule has 2 heterocycles. The number of hydrogen-bond acceptors (Lipinski definition) is 6. The van der Waals surface area contributed by atoms with Gasteiger partial charge in [-0.1, -0.05) is 54.2 Å². The minimum Gasteiger partial charge on any atom is -0.229 e. The van der Waals surface area contributed by atoms with Gasteiger partial charge in [0.25, 0.3) is 0 Å². The van der Waals surface area contributed by atoms with E-state index in [0.717, 1.165) is 25.7 Å². The Bertz CT molecular complexity index is 1190. The lowest BCUT2D eigenvalue weighted by molar-refractivity contribution is 0.600. The minimum absolute atomic E-state index is 0.315. The Kier molecular flexibility index (Phi) is 4.52. The maximum atomic E-state index is 12.1. The number of sulfone groups is 1. The van der Waals surface area contributed by atoms with Gasteiger partial charge >= 0.3 is 0 Å². The molecule has 7 heteroatoms. The molecule has 0 aliphatic carbocycles. The predicted octanol–water partition coefficient (Wildman–Crippen LogP) is 4.91. The van der Waals surface area contributed by atoms with Crippen molar-refractivity contribution in [2.75, 3.05) is 6.26 Å². The van der Waals surface area contributed by atoms with Crippen LogP contribution in [0.5, 0.6) is 0 Å². The molecule has 0 saturated heterocycles. The molecule has 130 valence electrons. The number of thiophene rings is 1. The number of hydrogen-bond donors (Lipinski definition) is 0. The third-order valence-electron chi connectivity index (χ3n) is 3.81. The molecule has 0 atom stereocenters. The summed E-state index contributed by atoms with van der Waals surface area (Å²) in [6.07, 6.45) is 2.75. The second kappa shape index (κ2) is 6.83. The third kappa shape index (κ3) is 3.38. The summed E-state index contributed by atoms with van der Waals surface area (Å²) in [7, 11) is -3.31. The molecule has 0 aliphatic rings. The highest BCUT2D eigenvalue weighted by molar-refractivity contribution is 8.00. The first-order valence-corrected chi connectivity index (χ1v) is 11.3. The smallest absolute Gasteiger partial charge is 0.176 e. The molecular weight excluding hydrogens is 384 g/mol. The van der Waals surface area contributed by atoms with Gasteiger partial charge in [-0.05, 0) is 23.8 Å². The van der Waals surface area contributed by atoms with Crippen molar-refractivity contribution in [1.82, 2.24) is 9.97 Å². The molecule has 0 fully saturated rings. The summed E-state index contributed by atoms with van der Waals surface area (Å²) in [5.41, 5.74) is 1.13. The van der Waals surface area contributed by atoms with Crippen molar-refractivity contribution < 1.29 is 8.42 Å². The summed E-state index contributed by atoms with van der Waals surface area (Å²) < 4.78 is 24.1. The van der Waals surface area contributed by atoms with Crippen LogP contribution >= 0.6 is 23.1 Å². The molecule has 2 aromatic carbocycles. The Morgan fingerprint density at radius 3 is 2.46 bits per heavy atom. The Balaban J connectivity index is 1.81. The van der Waals surface area contributed by atoms with Crippen molar-refractivity contribution in [3.05, 3.63) is 67.0 Å². The normalized spacial score (nSPS) is 11.7. The highest BCUT2D eigenvalue weighted by atomic mass is 32.2. The SMILES string of the molecule is CS(=O)(=O)c1ccccc1Sc1ncnc2sc(-c3ccccc3)cc12. The van der Waals surface area contributed by atoms with E-state index in [1.807, 2.05) is 24.3 Å². The van der Waals surface area contributed by atoms with Gasteiger partial charge in [-0.25, -0.2) is 18.4 Å². The lowest BCUT2D eigenvalue weighted by atomic mass is 10.2. The van der Waals surface area contributed by atoms with Crippen LogP contribution in [0.25, 0.3) is 20.7 Å². The van der Waals surface area contributed by atoms with Gasteiger partial charge in [-0.15, -0.1) is 11.3 Å². The highest BCUT2D eigenvalue weighted by Gasteiger charge is 2.16. The predicted molar refractivity (Wildman–Crippen MR) is 107 cm³/mol. The first-order valence-electron chi connectivity index (χ1n) is 7.79. The number of rotatable bonds is 4. The van der Waals surface area contributed by atoms with Crippen LogP contribution in [-0.4, -0.2) is 24.6 Å². The number of benzene rings is 2. The fraction of sp³-hybridized carbons (Fsp3) is 0.0526. The molecule has 2 aromatic heterocycles. The summed E-state index contributed by atoms with van der Waals surface area (Å²) in [5.74, 6) is 0. The van der Waals surface area contributed by atoms with E-state index in [4.69, 9.17) is 0 Å². The van der Waals surface area contributed by atoms with E-state index in [2.05, 4.69) is 28.2 Å². The fourth-order valence-corrected chi connectivity index (χ4v) is 5.90. The molecule has 26 heavy (non-hydrogen) atoms. The highest BCUT2D eigenvalue weighted by Crippen LogP contribution is 2.39. The average molecular weight is 399 g/mol. The molecule has 0 spiro atoms. The zero-order valence-electron chi connectivity index (χ0n) is 13.8. The van der Waals surface area contributed by atoms with E-state index in [1.165, 1.54) is 24.3 Å². The van der Waals surface area contributed by atoms with E-state index < -0.39 is 9.84 Å². The molecule has 0 N–H and O–H groups in total. The standard InChI is InChI=1S/C19H14N2O2S3/c1-26(22,23)17-10-6-5-9-15(17)24-18-14-11-16(13-7-3-2-4-8-13)25-19(14)21-12-20-18/h2-12H,1H3. The van der Waals surface area contributed by atoms with Crippen LogP contribution in [0.1, 0.15) is 0 Å². The number of aromatic nitrogens is 2. The van der Waals surface area contributed by atoms with Crippen LogP contribution in [-0.2, 0) is 9.84 Å². The summed E-state index contributed by atoms with van der Waals surface area (Å²) in [6.45, 7) is 0. The maximum absolute atomic E-state index is 12.1. The van der Waals surface area contributed by atoms with Crippen LogP contribution in [0.2, 0.25) is 0 Å². The largest absolute Gasteiger partial charge is 0.229 e. The quantitative estimate of drug-likeness (QED) is 0.457. The summed E-state index contributed by atoms with van der Waals surface area (Å²) in [4.78, 5) is 11.8. The van der Waals surface area contributed by atoms with Crippen LogP contribution < -0.4 is 0 Å². The van der Waals surface area contributed by atoms with Crippen LogP contribution in [0.15, 0.2) is 81.8 Å². The van der Waals surface area contributed by atoms with Crippen molar-refractivity contribution in [2.45, 2.75) is 14.8 Å². The second-order valence-electron chi connectivity index (χ2n) is 5.70. The van der Waals surface area contributed by atoms with Crippen molar-refractivity contribution in [3.8, 4) is 10.4 Å². The first kappa shape index (κ1) is 17.2. The van der Waals surface area contributed by atoms with Crippen molar-refractivity contribution in [3.63, 3.8) is 0 Å². The van der Waals surface area contributed by atoms with Crippen LogP contribution in [0.3, 0.4) is 0 Å². The van der Waals surface area contributed by atoms with Crippen LogP contribution in [0, 0.1) is 0 Å². The zero-order valence-corrected chi connectivity index (χ0v) is 16.2. The molecule has 4 nitrogen and oxygen atoms in total. The molecule has 0 saturated carbocycles. The van der Waals surface area contributed by atoms with Gasteiger partial charge in [0, 0.05) is 21.4 Å². The third-order valence-corrected chi connectivity index (χ3v) is 7.28. The summed E-state index contributed by atoms with van der Waals surface area (Å²) in [5, 5.41) is 1.69. The Hall–Kier alpha value is -2.22. The molecule has 0 radical (unpaired) electrons. The average Bonchev–Trinajstić information content (AvgIpc) is 3.07. The van der Waals surface area contributed by atoms with Gasteiger partial charge < -0.3 is 0 Å². The summed E-state index contributed by atoms with van der Waals surface area (Å²) >= 11 is 2.96. The van der Waals surface area contributed by atoms with Gasteiger partial charge in [0.05, 0.1) is 4.90 Å². The Morgan fingerprint density at radius 2 is 1.69 bits per heavy atom. The fourth-order valence-electron chi connectivity index (χ4n) is 2.60. The monoisotopic (exact) mass is 398 g/mol. The molecule has 0 aliphatic heterocycles. The van der Waals surface area contributed by atoms with Gasteiger partial charge in [-0.2, -0.15) is 0 Å². The van der Waals surface area contributed by atoms with E-state index in [-0.39, 0.29) is 0 Å².